The van der Waals surface area contributed by atoms with Crippen LogP contribution in [0.1, 0.15) is 132 Å². The summed E-state index contributed by atoms with van der Waals surface area (Å²) in [6.45, 7) is 17.4. The maximum Gasteiger partial charge on any atom is 4.00 e. The van der Waals surface area contributed by atoms with Crippen LogP contribution in [0.5, 0.6) is 0 Å². The van der Waals surface area contributed by atoms with Gasteiger partial charge in [0.25, 0.3) is 0 Å². The molecule has 57 heavy (non-hydrogen) atoms. The molecule has 0 rings (SSSR count). The van der Waals surface area contributed by atoms with Crippen LogP contribution in [-0.2, 0) is 78.6 Å². The van der Waals surface area contributed by atoms with E-state index in [4.69, 9.17) is 56.8 Å². The number of unbranched alkanes of at least 4 members (excludes halogenated alkanes) is 4. The van der Waals surface area contributed by atoms with E-state index in [9.17, 15) is 20.4 Å². The van der Waals surface area contributed by atoms with Crippen molar-refractivity contribution in [3.63, 3.8) is 0 Å². The van der Waals surface area contributed by atoms with Gasteiger partial charge in [-0.05, 0) is 79.1 Å². The number of methoxy groups -OCH3 is 4. The summed E-state index contributed by atoms with van der Waals surface area (Å²) in [5, 5.41) is 40.6. The third-order valence-electron chi connectivity index (χ3n) is 7.40. The first-order valence-corrected chi connectivity index (χ1v) is 20.5. The molecule has 0 amide bonds. The predicted molar refractivity (Wildman–Crippen MR) is 207 cm³/mol. The molecule has 0 heterocycles. The average molecular weight is 869 g/mol. The minimum Gasteiger partial charge on any atom is -0.854 e. The molecule has 0 aliphatic rings. The van der Waals surface area contributed by atoms with Gasteiger partial charge in [0.1, 0.15) is 0 Å². The fraction of sp³-hybridized carbons (Fsp3) is 1.00. The van der Waals surface area contributed by atoms with Gasteiger partial charge in [-0.15, -0.1) is 26.4 Å². The zero-order valence-electron chi connectivity index (χ0n) is 37.8. The molecular formula is C40H84O16Ti. The van der Waals surface area contributed by atoms with Crippen molar-refractivity contribution in [3.8, 4) is 0 Å². The predicted octanol–water partition coefficient (Wildman–Crippen LogP) is 3.55. The third kappa shape index (κ3) is 52.1. The molecule has 0 fully saturated rings. The van der Waals surface area contributed by atoms with E-state index in [0.717, 1.165) is 51.4 Å². The SMILES string of the molecule is CCC(OCCCC[O-])OC(C)OC.CCC(OCCCC[O-])OC(C)OC.CCC(OCCCC[O-])OC(C)OC.CCC(OCCCC[O-])OC(C)OC.[Ti+4]. The summed E-state index contributed by atoms with van der Waals surface area (Å²) in [6, 6.07) is 0. The molecule has 8 atom stereocenters. The first-order valence-electron chi connectivity index (χ1n) is 20.5. The molecule has 344 valence electrons. The molecule has 8 unspecified atom stereocenters. The van der Waals surface area contributed by atoms with E-state index in [1.54, 1.807) is 28.4 Å². The van der Waals surface area contributed by atoms with Crippen molar-refractivity contribution < 1.29 is 99.0 Å². The van der Waals surface area contributed by atoms with E-state index in [1.165, 1.54) is 0 Å². The van der Waals surface area contributed by atoms with Crippen LogP contribution in [0.3, 0.4) is 0 Å². The Hall–Kier alpha value is 0.0743. The van der Waals surface area contributed by atoms with Crippen molar-refractivity contribution in [2.24, 2.45) is 0 Å². The summed E-state index contributed by atoms with van der Waals surface area (Å²) in [5.74, 6) is 0. The Morgan fingerprint density at radius 1 is 0.333 bits per heavy atom. The molecule has 0 aromatic heterocycles. The number of ether oxygens (including phenoxy) is 12. The average Bonchev–Trinajstić information content (AvgIpc) is 3.22. The second kappa shape index (κ2) is 54.1. The van der Waals surface area contributed by atoms with Gasteiger partial charge in [0, 0.05) is 54.9 Å². The van der Waals surface area contributed by atoms with Crippen molar-refractivity contribution in [1.82, 2.24) is 0 Å². The Labute approximate surface area is 362 Å². The molecular weight excluding hydrogens is 784 g/mol. The van der Waals surface area contributed by atoms with Crippen LogP contribution in [0.25, 0.3) is 0 Å². The maximum atomic E-state index is 10.2. The first-order chi connectivity index (χ1) is 27.0. The van der Waals surface area contributed by atoms with E-state index < -0.39 is 0 Å². The molecule has 16 nitrogen and oxygen atoms in total. The van der Waals surface area contributed by atoms with Crippen LogP contribution in [0, 0.1) is 0 Å². The second-order valence-corrected chi connectivity index (χ2v) is 12.2. The molecule has 0 aromatic rings. The van der Waals surface area contributed by atoms with Gasteiger partial charge >= 0.3 is 21.7 Å². The van der Waals surface area contributed by atoms with Gasteiger partial charge in [0.2, 0.25) is 0 Å². The summed E-state index contributed by atoms with van der Waals surface area (Å²) < 4.78 is 63.2. The van der Waals surface area contributed by atoms with Crippen LogP contribution >= 0.6 is 0 Å². The van der Waals surface area contributed by atoms with E-state index in [2.05, 4.69) is 0 Å². The number of hydrogen-bond donors (Lipinski definition) is 0. The zero-order chi connectivity index (χ0) is 43.2. The van der Waals surface area contributed by atoms with Crippen molar-refractivity contribution in [2.45, 2.75) is 183 Å². The van der Waals surface area contributed by atoms with Crippen LogP contribution in [0.15, 0.2) is 0 Å². The van der Waals surface area contributed by atoms with Crippen molar-refractivity contribution >= 4 is 0 Å². The Morgan fingerprint density at radius 2 is 0.509 bits per heavy atom. The molecule has 0 aliphatic carbocycles. The van der Waals surface area contributed by atoms with Crippen LogP contribution in [0.2, 0.25) is 0 Å². The quantitative estimate of drug-likeness (QED) is 0.0502. The van der Waals surface area contributed by atoms with Gasteiger partial charge in [-0.2, -0.15) is 0 Å². The first kappa shape index (κ1) is 66.2. The number of rotatable bonds is 36. The third-order valence-corrected chi connectivity index (χ3v) is 7.40. The standard InChI is InChI=1S/4C10H21O4.Ti/c4*1-4-10(14-9(2)12-3)13-8-6-5-7-11;/h4*9-10H,4-8H2,1-3H3;/q4*-1;+4. The fourth-order valence-electron chi connectivity index (χ4n) is 3.77. The molecule has 0 radical (unpaired) electrons. The van der Waals surface area contributed by atoms with Crippen LogP contribution in [-0.4, -0.2) is 132 Å². The van der Waals surface area contributed by atoms with Gasteiger partial charge in [-0.1, -0.05) is 53.4 Å². The summed E-state index contributed by atoms with van der Waals surface area (Å²) in [5.41, 5.74) is 0. The molecule has 0 aromatic carbocycles. The normalized spacial score (nSPS) is 15.2. The summed E-state index contributed by atoms with van der Waals surface area (Å²) in [4.78, 5) is 0. The van der Waals surface area contributed by atoms with Gasteiger partial charge in [-0.25, -0.2) is 0 Å². The Bertz CT molecular complexity index is 594. The molecule has 0 spiro atoms. The van der Waals surface area contributed by atoms with E-state index in [-0.39, 0.29) is 98.5 Å². The topological polar surface area (TPSA) is 203 Å². The molecule has 0 saturated heterocycles. The maximum absolute atomic E-state index is 10.2. The molecule has 0 saturated carbocycles. The fourth-order valence-corrected chi connectivity index (χ4v) is 3.77. The van der Waals surface area contributed by atoms with Gasteiger partial charge in [-0.3, -0.25) is 0 Å². The van der Waals surface area contributed by atoms with Crippen LogP contribution < -0.4 is 20.4 Å². The minimum absolute atomic E-state index is 0. The van der Waals surface area contributed by atoms with E-state index in [1.807, 2.05) is 55.4 Å². The summed E-state index contributed by atoms with van der Waals surface area (Å²) in [7, 11) is 6.37. The number of hydrogen-bond acceptors (Lipinski definition) is 16. The van der Waals surface area contributed by atoms with Crippen molar-refractivity contribution in [1.29, 1.82) is 0 Å². The minimum atomic E-state index is -0.251. The largest absolute Gasteiger partial charge is 4.00 e. The zero-order valence-corrected chi connectivity index (χ0v) is 39.4. The van der Waals surface area contributed by atoms with Gasteiger partial charge < -0.3 is 77.3 Å². The van der Waals surface area contributed by atoms with E-state index >= 15 is 0 Å². The molecule has 0 aliphatic heterocycles. The Balaban J connectivity index is -0.000000210. The van der Waals surface area contributed by atoms with Gasteiger partial charge in [0.15, 0.2) is 50.3 Å². The van der Waals surface area contributed by atoms with Crippen LogP contribution in [0.4, 0.5) is 0 Å². The second-order valence-electron chi connectivity index (χ2n) is 12.2. The van der Waals surface area contributed by atoms with Crippen molar-refractivity contribution in [3.05, 3.63) is 0 Å². The molecule has 17 heteroatoms. The van der Waals surface area contributed by atoms with Gasteiger partial charge in [0.05, 0.1) is 0 Å². The summed E-state index contributed by atoms with van der Waals surface area (Å²) >= 11 is 0. The molecule has 0 N–H and O–H groups in total. The Kier molecular flexibility index (Phi) is 62.8. The summed E-state index contributed by atoms with van der Waals surface area (Å²) in [6.07, 6.45) is 7.07. The molecule has 0 bridgehead atoms. The smallest absolute Gasteiger partial charge is 0.854 e. The van der Waals surface area contributed by atoms with E-state index in [0.29, 0.717) is 52.1 Å². The van der Waals surface area contributed by atoms with Crippen molar-refractivity contribution in [2.75, 3.05) is 81.3 Å². The monoisotopic (exact) mass is 869 g/mol. The Morgan fingerprint density at radius 3 is 0.632 bits per heavy atom.